The summed E-state index contributed by atoms with van der Waals surface area (Å²) in [6.45, 7) is 12.5. The monoisotopic (exact) mass is 681 g/mol. The fraction of sp³-hybridized carbons (Fsp3) is 0.765. The number of oxime groups is 1. The molecule has 1 aromatic heterocycles. The quantitative estimate of drug-likeness (QED) is 0.149. The molecular formula is C34H55N3O11. The van der Waals surface area contributed by atoms with Crippen molar-refractivity contribution in [2.75, 3.05) is 7.05 Å². The number of rotatable bonds is 5. The van der Waals surface area contributed by atoms with E-state index in [0.717, 1.165) is 0 Å². The van der Waals surface area contributed by atoms with Crippen molar-refractivity contribution in [2.24, 2.45) is 28.8 Å². The molecule has 2 aliphatic rings. The average molecular weight is 682 g/mol. The van der Waals surface area contributed by atoms with Crippen molar-refractivity contribution in [3.63, 3.8) is 0 Å². The number of likely N-dealkylation sites (N-methyl/N-ethyl adjacent to an activating group) is 1. The number of aliphatic hydroxyl groups is 5. The van der Waals surface area contributed by atoms with Gasteiger partial charge in [0.15, 0.2) is 6.29 Å². The van der Waals surface area contributed by atoms with Crippen LogP contribution in [0.25, 0.3) is 0 Å². The minimum atomic E-state index is -1.96. The molecule has 1 aromatic rings. The Morgan fingerprint density at radius 1 is 1.10 bits per heavy atom. The van der Waals surface area contributed by atoms with E-state index in [2.05, 4.69) is 10.1 Å². The molecule has 2 saturated heterocycles. The van der Waals surface area contributed by atoms with Crippen molar-refractivity contribution < 1.29 is 54.5 Å². The Kier molecular flexibility index (Phi) is 13.1. The standard InChI is InChI=1S/C34H55N3O11/c1-10-24-34(8,44)28(40)19(4)25(36-45)17(2)15-33(7,43)29(20(5)26(38)21(6)31(42)47-24)48-32-27(39)23(14-18(3)46-32)37(9)30(41)22-12-11-13-35-16-22/h11-13,16-21,23-24,26-29,32,38-40,43-45H,10,14-15H2,1-9H3/b36-25+/t17-,18-,19+,20+,21-,23+,24-,26+,27-,28-,29-,32+,33-,34-/m1/s1. The van der Waals surface area contributed by atoms with E-state index in [9.17, 15) is 40.3 Å². The first kappa shape index (κ1) is 39.7. The number of nitrogens with zero attached hydrogens (tertiary/aromatic N) is 3. The van der Waals surface area contributed by atoms with E-state index >= 15 is 0 Å². The number of amides is 1. The SMILES string of the molecule is CC[C@H]1OC(=O)[C@H](C)[C@@H](O)[C@H](C)[C@@H](O[C@@H]2O[C@H](C)C[C@H](N(C)C(=O)c3cccnc3)[C@H]2O)[C@](C)(O)C[C@@H](C)/C(=N\O)[C@H](C)[C@@H](O)[C@]1(C)O. The fourth-order valence-electron chi connectivity index (χ4n) is 7.33. The Labute approximate surface area is 282 Å². The summed E-state index contributed by atoms with van der Waals surface area (Å²) < 4.78 is 18.1. The highest BCUT2D eigenvalue weighted by molar-refractivity contribution is 5.94. The lowest BCUT2D eigenvalue weighted by atomic mass is 9.73. The van der Waals surface area contributed by atoms with Crippen LogP contribution in [0.15, 0.2) is 29.7 Å². The van der Waals surface area contributed by atoms with Crippen LogP contribution in [0.5, 0.6) is 0 Å². The van der Waals surface area contributed by atoms with Gasteiger partial charge in [0.2, 0.25) is 0 Å². The first-order valence-electron chi connectivity index (χ1n) is 16.7. The molecule has 3 heterocycles. The number of aliphatic hydroxyl groups excluding tert-OH is 3. The Bertz CT molecular complexity index is 1260. The molecule has 2 aliphatic heterocycles. The highest BCUT2D eigenvalue weighted by Crippen LogP contribution is 2.38. The third-order valence-electron chi connectivity index (χ3n) is 10.3. The van der Waals surface area contributed by atoms with Crippen LogP contribution in [0.4, 0.5) is 0 Å². The Morgan fingerprint density at radius 3 is 2.31 bits per heavy atom. The second-order valence-electron chi connectivity index (χ2n) is 14.2. The Balaban J connectivity index is 2.03. The molecule has 2 fully saturated rings. The first-order chi connectivity index (χ1) is 22.3. The molecule has 6 N–H and O–H groups in total. The van der Waals surface area contributed by atoms with Gasteiger partial charge in [0.25, 0.3) is 5.91 Å². The largest absolute Gasteiger partial charge is 0.459 e. The van der Waals surface area contributed by atoms with E-state index in [-0.39, 0.29) is 30.9 Å². The molecule has 3 rings (SSSR count). The molecule has 14 nitrogen and oxygen atoms in total. The number of cyclic esters (lactones) is 1. The topological polar surface area (TPSA) is 212 Å². The van der Waals surface area contributed by atoms with E-state index in [4.69, 9.17) is 14.2 Å². The van der Waals surface area contributed by atoms with Crippen molar-refractivity contribution in [3.05, 3.63) is 30.1 Å². The van der Waals surface area contributed by atoms with Crippen molar-refractivity contribution in [1.82, 2.24) is 9.88 Å². The summed E-state index contributed by atoms with van der Waals surface area (Å²) in [5.74, 6) is -4.99. The Morgan fingerprint density at radius 2 is 1.75 bits per heavy atom. The van der Waals surface area contributed by atoms with Gasteiger partial charge in [0, 0.05) is 37.2 Å². The maximum absolute atomic E-state index is 13.4. The maximum atomic E-state index is 13.4. The van der Waals surface area contributed by atoms with Gasteiger partial charge in [-0.05, 0) is 59.1 Å². The van der Waals surface area contributed by atoms with Crippen molar-refractivity contribution in [1.29, 1.82) is 0 Å². The zero-order valence-electron chi connectivity index (χ0n) is 29.4. The lowest BCUT2D eigenvalue weighted by Gasteiger charge is -2.47. The van der Waals surface area contributed by atoms with Crippen LogP contribution in [-0.4, -0.2) is 125 Å². The van der Waals surface area contributed by atoms with Crippen LogP contribution >= 0.6 is 0 Å². The van der Waals surface area contributed by atoms with Gasteiger partial charge in [-0.3, -0.25) is 14.6 Å². The predicted octanol–water partition coefficient (Wildman–Crippen LogP) is 1.73. The van der Waals surface area contributed by atoms with Crippen LogP contribution in [0, 0.1) is 23.7 Å². The molecule has 0 bridgehead atoms. The predicted molar refractivity (Wildman–Crippen MR) is 174 cm³/mol. The molecule has 0 saturated carbocycles. The summed E-state index contributed by atoms with van der Waals surface area (Å²) in [6.07, 6.45) is -5.41. The molecule has 272 valence electrons. The summed E-state index contributed by atoms with van der Waals surface area (Å²) in [5, 5.41) is 71.3. The fourth-order valence-corrected chi connectivity index (χ4v) is 7.33. The lowest BCUT2D eigenvalue weighted by molar-refractivity contribution is -0.298. The normalized spacial score (nSPS) is 42.9. The minimum Gasteiger partial charge on any atom is -0.459 e. The van der Waals surface area contributed by atoms with Gasteiger partial charge < -0.3 is 49.9 Å². The van der Waals surface area contributed by atoms with Crippen LogP contribution in [0.1, 0.15) is 85.0 Å². The van der Waals surface area contributed by atoms with Crippen molar-refractivity contribution in [2.45, 2.75) is 135 Å². The van der Waals surface area contributed by atoms with E-state index in [1.165, 1.54) is 31.9 Å². The molecule has 0 radical (unpaired) electrons. The van der Waals surface area contributed by atoms with Gasteiger partial charge >= 0.3 is 5.97 Å². The third-order valence-corrected chi connectivity index (χ3v) is 10.3. The zero-order valence-corrected chi connectivity index (χ0v) is 29.4. The summed E-state index contributed by atoms with van der Waals surface area (Å²) in [5.41, 5.74) is -3.38. The number of carbonyl (C=O) groups is 2. The number of pyridine rings is 1. The third kappa shape index (κ3) is 8.35. The van der Waals surface area contributed by atoms with E-state index in [1.54, 1.807) is 60.0 Å². The number of aromatic nitrogens is 1. The molecular weight excluding hydrogens is 626 g/mol. The molecule has 0 unspecified atom stereocenters. The first-order valence-corrected chi connectivity index (χ1v) is 16.7. The highest BCUT2D eigenvalue weighted by Gasteiger charge is 2.51. The average Bonchev–Trinajstić information content (AvgIpc) is 3.04. The van der Waals surface area contributed by atoms with Gasteiger partial charge in [0.1, 0.15) is 17.8 Å². The smallest absolute Gasteiger partial charge is 0.311 e. The molecule has 48 heavy (non-hydrogen) atoms. The Hall–Kier alpha value is -2.72. The molecule has 0 spiro atoms. The second kappa shape index (κ2) is 15.9. The van der Waals surface area contributed by atoms with Crippen LogP contribution in [0.3, 0.4) is 0 Å². The van der Waals surface area contributed by atoms with Gasteiger partial charge in [-0.25, -0.2) is 0 Å². The van der Waals surface area contributed by atoms with Gasteiger partial charge in [-0.15, -0.1) is 0 Å². The zero-order chi connectivity index (χ0) is 36.3. The van der Waals surface area contributed by atoms with Gasteiger partial charge in [-0.2, -0.15) is 0 Å². The number of esters is 1. The van der Waals surface area contributed by atoms with Crippen LogP contribution in [0.2, 0.25) is 0 Å². The number of hydrogen-bond donors (Lipinski definition) is 6. The highest BCUT2D eigenvalue weighted by atomic mass is 16.7. The second-order valence-corrected chi connectivity index (χ2v) is 14.2. The van der Waals surface area contributed by atoms with E-state index < -0.39 is 89.8 Å². The summed E-state index contributed by atoms with van der Waals surface area (Å²) in [6, 6.07) is 2.50. The number of carbonyl (C=O) groups excluding carboxylic acids is 2. The molecule has 0 aromatic carbocycles. The van der Waals surface area contributed by atoms with Gasteiger partial charge in [0.05, 0.1) is 53.3 Å². The van der Waals surface area contributed by atoms with Crippen LogP contribution < -0.4 is 0 Å². The van der Waals surface area contributed by atoms with Crippen molar-refractivity contribution in [3.8, 4) is 0 Å². The molecule has 14 atom stereocenters. The number of ether oxygens (including phenoxy) is 3. The van der Waals surface area contributed by atoms with E-state index in [0.29, 0.717) is 5.56 Å². The lowest BCUT2D eigenvalue weighted by Crippen LogP contribution is -2.60. The number of hydrogen-bond acceptors (Lipinski definition) is 13. The molecule has 0 aliphatic carbocycles. The molecule has 14 heteroatoms. The minimum absolute atomic E-state index is 0.0692. The summed E-state index contributed by atoms with van der Waals surface area (Å²) in [4.78, 5) is 32.0. The van der Waals surface area contributed by atoms with E-state index in [1.807, 2.05) is 0 Å². The summed E-state index contributed by atoms with van der Waals surface area (Å²) in [7, 11) is 1.56. The summed E-state index contributed by atoms with van der Waals surface area (Å²) >= 11 is 0. The van der Waals surface area contributed by atoms with Gasteiger partial charge in [-0.1, -0.05) is 32.9 Å². The molecule has 1 amide bonds. The maximum Gasteiger partial charge on any atom is 0.311 e. The van der Waals surface area contributed by atoms with Crippen molar-refractivity contribution >= 4 is 17.6 Å². The van der Waals surface area contributed by atoms with Crippen LogP contribution in [-0.2, 0) is 19.0 Å².